The molecule has 3 aromatic rings. The Morgan fingerprint density at radius 2 is 1.79 bits per heavy atom. The summed E-state index contributed by atoms with van der Waals surface area (Å²) in [7, 11) is 0. The molecular weight excluding hydrogens is 412 g/mol. The van der Waals surface area contributed by atoms with Crippen LogP contribution in [0.5, 0.6) is 0 Å². The summed E-state index contributed by atoms with van der Waals surface area (Å²) in [5, 5.41) is 9.25. The summed E-state index contributed by atoms with van der Waals surface area (Å²) >= 11 is 10.5. The first-order valence-electron chi connectivity index (χ1n) is 6.92. The molecular formula is C16H12BrClN4OS. The number of thioether (sulfide) groups is 1. The van der Waals surface area contributed by atoms with E-state index in [1.165, 1.54) is 16.4 Å². The molecule has 2 N–H and O–H groups in total. The predicted octanol–water partition coefficient (Wildman–Crippen LogP) is 4.05. The Hall–Kier alpha value is -1.83. The van der Waals surface area contributed by atoms with Crippen molar-refractivity contribution in [2.24, 2.45) is 0 Å². The maximum absolute atomic E-state index is 12.2. The number of hydrogen-bond acceptors (Lipinski definition) is 5. The van der Waals surface area contributed by atoms with Gasteiger partial charge in [0.15, 0.2) is 11.6 Å². The lowest BCUT2D eigenvalue weighted by molar-refractivity contribution is 0.102. The number of carbonyl (C=O) groups is 1. The Labute approximate surface area is 156 Å². The molecule has 3 rings (SSSR count). The zero-order chi connectivity index (χ0) is 17.1. The van der Waals surface area contributed by atoms with E-state index < -0.39 is 0 Å². The van der Waals surface area contributed by atoms with E-state index >= 15 is 0 Å². The highest BCUT2D eigenvalue weighted by Gasteiger charge is 2.14. The number of ketones is 1. The van der Waals surface area contributed by atoms with E-state index in [2.05, 4.69) is 26.1 Å². The van der Waals surface area contributed by atoms with Gasteiger partial charge in [-0.2, -0.15) is 0 Å². The van der Waals surface area contributed by atoms with Crippen LogP contribution in [0.25, 0.3) is 11.4 Å². The van der Waals surface area contributed by atoms with E-state index in [1.54, 1.807) is 24.3 Å². The SMILES string of the molecule is Nn1c(SCC(=O)c2ccc(Br)cc2)nnc1-c1ccc(Cl)cc1. The van der Waals surface area contributed by atoms with Gasteiger partial charge in [-0.3, -0.25) is 4.79 Å². The van der Waals surface area contributed by atoms with Crippen LogP contribution in [0.1, 0.15) is 10.4 Å². The second-order valence-corrected chi connectivity index (χ2v) is 7.20. The van der Waals surface area contributed by atoms with E-state index in [4.69, 9.17) is 17.4 Å². The molecule has 122 valence electrons. The molecule has 0 amide bonds. The zero-order valence-corrected chi connectivity index (χ0v) is 15.5. The smallest absolute Gasteiger partial charge is 0.210 e. The van der Waals surface area contributed by atoms with E-state index in [0.29, 0.717) is 21.6 Å². The van der Waals surface area contributed by atoms with Crippen LogP contribution in [-0.4, -0.2) is 26.4 Å². The monoisotopic (exact) mass is 422 g/mol. The van der Waals surface area contributed by atoms with Gasteiger partial charge in [0.25, 0.3) is 0 Å². The van der Waals surface area contributed by atoms with Crippen molar-refractivity contribution in [1.82, 2.24) is 14.9 Å². The van der Waals surface area contributed by atoms with Gasteiger partial charge in [0.1, 0.15) is 0 Å². The van der Waals surface area contributed by atoms with Gasteiger partial charge in [0.05, 0.1) is 5.75 Å². The van der Waals surface area contributed by atoms with Crippen LogP contribution >= 0.6 is 39.3 Å². The van der Waals surface area contributed by atoms with Crippen molar-refractivity contribution in [2.45, 2.75) is 5.16 Å². The third-order valence-electron chi connectivity index (χ3n) is 3.27. The van der Waals surface area contributed by atoms with Crippen LogP contribution in [0.2, 0.25) is 5.02 Å². The molecule has 0 spiro atoms. The van der Waals surface area contributed by atoms with Crippen LogP contribution in [0.4, 0.5) is 0 Å². The predicted molar refractivity (Wildman–Crippen MR) is 99.8 cm³/mol. The van der Waals surface area contributed by atoms with Crippen molar-refractivity contribution in [3.8, 4) is 11.4 Å². The van der Waals surface area contributed by atoms with Gasteiger partial charge in [-0.15, -0.1) is 10.2 Å². The highest BCUT2D eigenvalue weighted by atomic mass is 79.9. The first-order chi connectivity index (χ1) is 11.5. The molecule has 0 aliphatic rings. The number of halogens is 2. The summed E-state index contributed by atoms with van der Waals surface area (Å²) in [6.07, 6.45) is 0. The molecule has 0 saturated carbocycles. The van der Waals surface area contributed by atoms with Gasteiger partial charge in [-0.05, 0) is 36.4 Å². The lowest BCUT2D eigenvalue weighted by atomic mass is 10.2. The van der Waals surface area contributed by atoms with Crippen molar-refractivity contribution < 1.29 is 4.79 Å². The second kappa shape index (κ2) is 7.38. The van der Waals surface area contributed by atoms with Gasteiger partial charge in [0.2, 0.25) is 5.16 Å². The third kappa shape index (κ3) is 3.80. The minimum Gasteiger partial charge on any atom is -0.335 e. The van der Waals surface area contributed by atoms with Crippen molar-refractivity contribution >= 4 is 45.1 Å². The number of nitrogens with zero attached hydrogens (tertiary/aromatic N) is 3. The van der Waals surface area contributed by atoms with Crippen LogP contribution in [0.15, 0.2) is 58.2 Å². The lowest BCUT2D eigenvalue weighted by Gasteiger charge is -2.04. The van der Waals surface area contributed by atoms with Crippen molar-refractivity contribution in [2.75, 3.05) is 11.6 Å². The fraction of sp³-hybridized carbons (Fsp3) is 0.0625. The average molecular weight is 424 g/mol. The molecule has 0 saturated heterocycles. The Kier molecular flexibility index (Phi) is 5.23. The molecule has 0 fully saturated rings. The summed E-state index contributed by atoms with van der Waals surface area (Å²) in [6, 6.07) is 14.4. The van der Waals surface area contributed by atoms with Gasteiger partial charge in [-0.25, -0.2) is 4.68 Å². The fourth-order valence-corrected chi connectivity index (χ4v) is 3.16. The molecule has 1 aromatic heterocycles. The molecule has 0 radical (unpaired) electrons. The largest absolute Gasteiger partial charge is 0.335 e. The summed E-state index contributed by atoms with van der Waals surface area (Å²) in [6.45, 7) is 0. The average Bonchev–Trinajstić information content (AvgIpc) is 2.95. The summed E-state index contributed by atoms with van der Waals surface area (Å²) in [5.74, 6) is 6.79. The lowest BCUT2D eigenvalue weighted by Crippen LogP contribution is -2.12. The fourth-order valence-electron chi connectivity index (χ4n) is 2.02. The highest BCUT2D eigenvalue weighted by Crippen LogP contribution is 2.23. The minimum absolute atomic E-state index is 0.00328. The standard InChI is InChI=1S/C16H12BrClN4OS/c17-12-5-1-10(2-6-12)14(23)9-24-16-21-20-15(22(16)19)11-3-7-13(18)8-4-11/h1-8H,9,19H2. The van der Waals surface area contributed by atoms with E-state index in [9.17, 15) is 4.79 Å². The maximum atomic E-state index is 12.2. The molecule has 24 heavy (non-hydrogen) atoms. The molecule has 8 heteroatoms. The quantitative estimate of drug-likeness (QED) is 0.381. The van der Waals surface area contributed by atoms with Gasteiger partial charge in [0, 0.05) is 20.6 Å². The maximum Gasteiger partial charge on any atom is 0.210 e. The molecule has 2 aromatic carbocycles. The summed E-state index contributed by atoms with van der Waals surface area (Å²) in [4.78, 5) is 12.2. The normalized spacial score (nSPS) is 10.8. The number of Topliss-reactive ketones (excluding diaryl/α,β-unsaturated/α-hetero) is 1. The summed E-state index contributed by atoms with van der Waals surface area (Å²) < 4.78 is 2.31. The van der Waals surface area contributed by atoms with Crippen LogP contribution in [0.3, 0.4) is 0 Å². The molecule has 5 nitrogen and oxygen atoms in total. The van der Waals surface area contributed by atoms with Crippen LogP contribution in [-0.2, 0) is 0 Å². The number of carbonyl (C=O) groups excluding carboxylic acids is 1. The Balaban J connectivity index is 1.71. The van der Waals surface area contributed by atoms with Crippen molar-refractivity contribution in [3.05, 3.63) is 63.6 Å². The molecule has 1 heterocycles. The minimum atomic E-state index is 0.00328. The topological polar surface area (TPSA) is 73.8 Å². The Bertz CT molecular complexity index is 865. The van der Waals surface area contributed by atoms with Gasteiger partial charge >= 0.3 is 0 Å². The first kappa shape index (κ1) is 17.0. The van der Waals surface area contributed by atoms with E-state index in [-0.39, 0.29) is 11.5 Å². The third-order valence-corrected chi connectivity index (χ3v) is 4.99. The second-order valence-electron chi connectivity index (χ2n) is 4.90. The van der Waals surface area contributed by atoms with Crippen LogP contribution in [0, 0.1) is 0 Å². The number of aromatic nitrogens is 3. The first-order valence-corrected chi connectivity index (χ1v) is 9.08. The highest BCUT2D eigenvalue weighted by molar-refractivity contribution is 9.10. The van der Waals surface area contributed by atoms with Crippen LogP contribution < -0.4 is 5.84 Å². The number of nitrogen functional groups attached to an aromatic ring is 1. The number of rotatable bonds is 5. The van der Waals surface area contributed by atoms with Gasteiger partial charge in [-0.1, -0.05) is 51.4 Å². The molecule has 0 unspecified atom stereocenters. The number of benzene rings is 2. The number of hydrogen-bond donors (Lipinski definition) is 1. The molecule has 0 bridgehead atoms. The Morgan fingerprint density at radius 3 is 2.46 bits per heavy atom. The molecule has 0 aliphatic heterocycles. The van der Waals surface area contributed by atoms with E-state index in [0.717, 1.165) is 10.0 Å². The molecule has 0 aliphatic carbocycles. The van der Waals surface area contributed by atoms with Crippen molar-refractivity contribution in [1.29, 1.82) is 0 Å². The van der Waals surface area contributed by atoms with Crippen molar-refractivity contribution in [3.63, 3.8) is 0 Å². The van der Waals surface area contributed by atoms with E-state index in [1.807, 2.05) is 24.3 Å². The zero-order valence-electron chi connectivity index (χ0n) is 12.3. The number of nitrogens with two attached hydrogens (primary N) is 1. The molecule has 0 atom stereocenters. The van der Waals surface area contributed by atoms with Gasteiger partial charge < -0.3 is 5.84 Å². The Morgan fingerprint density at radius 1 is 1.12 bits per heavy atom. The summed E-state index contributed by atoms with van der Waals surface area (Å²) in [5.41, 5.74) is 1.45.